The van der Waals surface area contributed by atoms with Crippen LogP contribution in [0, 0.1) is 17.8 Å². The predicted octanol–water partition coefficient (Wildman–Crippen LogP) is 3.30. The fraction of sp³-hybridized carbons (Fsp3) is 1.00. The molecule has 0 amide bonds. The van der Waals surface area contributed by atoms with Crippen molar-refractivity contribution in [1.29, 1.82) is 0 Å². The topological polar surface area (TPSA) is 12.0 Å². The van der Waals surface area contributed by atoms with Crippen molar-refractivity contribution >= 4 is 0 Å². The lowest BCUT2D eigenvalue weighted by atomic mass is 9.74. The van der Waals surface area contributed by atoms with E-state index in [2.05, 4.69) is 19.2 Å². The Morgan fingerprint density at radius 1 is 1.13 bits per heavy atom. The van der Waals surface area contributed by atoms with Gasteiger partial charge in [0.2, 0.25) is 0 Å². The molecule has 0 bridgehead atoms. The van der Waals surface area contributed by atoms with E-state index in [9.17, 15) is 8.78 Å². The van der Waals surface area contributed by atoms with Crippen molar-refractivity contribution in [2.24, 2.45) is 17.8 Å². The Hall–Kier alpha value is -0.180. The van der Waals surface area contributed by atoms with Crippen LogP contribution in [0.4, 0.5) is 8.78 Å². The van der Waals surface area contributed by atoms with Gasteiger partial charge in [0.1, 0.15) is 0 Å². The molecular formula is C12H23F2N. The van der Waals surface area contributed by atoms with Gasteiger partial charge in [-0.15, -0.1) is 0 Å². The average Bonchev–Trinajstić information content (AvgIpc) is 2.11. The van der Waals surface area contributed by atoms with Crippen LogP contribution in [0.25, 0.3) is 0 Å². The van der Waals surface area contributed by atoms with E-state index >= 15 is 0 Å². The Morgan fingerprint density at radius 3 is 2.07 bits per heavy atom. The molecule has 0 heterocycles. The summed E-state index contributed by atoms with van der Waals surface area (Å²) in [7, 11) is 0. The molecule has 15 heavy (non-hydrogen) atoms. The van der Waals surface area contributed by atoms with Crippen LogP contribution in [0.3, 0.4) is 0 Å². The number of hydrogen-bond donors (Lipinski definition) is 1. The number of hydrogen-bond acceptors (Lipinski definition) is 1. The first kappa shape index (κ1) is 12.9. The second kappa shape index (κ2) is 5.78. The van der Waals surface area contributed by atoms with Crippen molar-refractivity contribution in [2.45, 2.75) is 52.5 Å². The minimum atomic E-state index is -2.23. The molecule has 0 aromatic carbocycles. The van der Waals surface area contributed by atoms with Gasteiger partial charge in [0, 0.05) is 0 Å². The molecule has 0 radical (unpaired) electrons. The van der Waals surface area contributed by atoms with E-state index in [1.54, 1.807) is 0 Å². The number of alkyl halides is 2. The molecule has 0 aliphatic heterocycles. The van der Waals surface area contributed by atoms with Crippen LogP contribution in [-0.2, 0) is 0 Å². The lowest BCUT2D eigenvalue weighted by molar-refractivity contribution is 0.0431. The largest absolute Gasteiger partial charge is 0.309 e. The minimum Gasteiger partial charge on any atom is -0.309 e. The minimum absolute atomic E-state index is 0.156. The van der Waals surface area contributed by atoms with Gasteiger partial charge in [-0.3, -0.25) is 0 Å². The van der Waals surface area contributed by atoms with Gasteiger partial charge < -0.3 is 5.32 Å². The summed E-state index contributed by atoms with van der Waals surface area (Å²) >= 11 is 0. The Morgan fingerprint density at radius 2 is 1.67 bits per heavy atom. The summed E-state index contributed by atoms with van der Waals surface area (Å²) in [4.78, 5) is 0. The molecule has 1 aliphatic rings. The van der Waals surface area contributed by atoms with Crippen LogP contribution < -0.4 is 5.32 Å². The van der Waals surface area contributed by atoms with Crippen molar-refractivity contribution in [2.75, 3.05) is 6.54 Å². The molecule has 1 N–H and O–H groups in total. The first-order valence-electron chi connectivity index (χ1n) is 6.06. The maximum atomic E-state index is 12.9. The molecule has 1 fully saturated rings. The van der Waals surface area contributed by atoms with Crippen LogP contribution in [0.1, 0.15) is 40.0 Å². The zero-order valence-corrected chi connectivity index (χ0v) is 9.97. The second-order valence-electron chi connectivity index (χ2n) is 5.10. The van der Waals surface area contributed by atoms with Crippen LogP contribution in [0.15, 0.2) is 0 Å². The van der Waals surface area contributed by atoms with E-state index in [0.717, 1.165) is 12.8 Å². The first-order valence-corrected chi connectivity index (χ1v) is 6.06. The Kier molecular flexibility index (Phi) is 4.97. The summed E-state index contributed by atoms with van der Waals surface area (Å²) in [5.74, 6) is 1.35. The molecule has 90 valence electrons. The monoisotopic (exact) mass is 219 g/mol. The van der Waals surface area contributed by atoms with E-state index in [1.807, 2.05) is 6.92 Å². The van der Waals surface area contributed by atoms with Crippen molar-refractivity contribution in [1.82, 2.24) is 5.32 Å². The summed E-state index contributed by atoms with van der Waals surface area (Å²) in [6.45, 7) is 6.88. The number of nitrogens with one attached hydrogen (secondary N) is 1. The third-order valence-corrected chi connectivity index (χ3v) is 3.43. The Balaban J connectivity index is 2.57. The predicted molar refractivity (Wildman–Crippen MR) is 59.1 cm³/mol. The molecule has 1 rings (SSSR count). The summed E-state index contributed by atoms with van der Waals surface area (Å²) in [5, 5.41) is 2.94. The van der Waals surface area contributed by atoms with E-state index in [-0.39, 0.29) is 5.92 Å². The van der Waals surface area contributed by atoms with Crippen molar-refractivity contribution in [3.8, 4) is 0 Å². The fourth-order valence-electron chi connectivity index (χ4n) is 3.00. The summed E-state index contributed by atoms with van der Waals surface area (Å²) in [6, 6.07) is -0.597. The maximum absolute atomic E-state index is 12.9. The van der Waals surface area contributed by atoms with Crippen LogP contribution in [0.5, 0.6) is 0 Å². The molecule has 0 spiro atoms. The summed E-state index contributed by atoms with van der Waals surface area (Å²) in [6.07, 6.45) is 0.865. The molecule has 1 nitrogen and oxygen atoms in total. The zero-order chi connectivity index (χ0) is 11.4. The van der Waals surface area contributed by atoms with E-state index in [4.69, 9.17) is 0 Å². The molecule has 0 aromatic heterocycles. The lowest BCUT2D eigenvalue weighted by Crippen LogP contribution is -2.44. The third kappa shape index (κ3) is 3.71. The van der Waals surface area contributed by atoms with E-state index in [0.29, 0.717) is 18.4 Å². The SMILES string of the molecule is CCNC(C(F)F)C1CC(C)CC(C)C1. The first-order chi connectivity index (χ1) is 7.04. The van der Waals surface area contributed by atoms with Gasteiger partial charge in [0.05, 0.1) is 6.04 Å². The van der Waals surface area contributed by atoms with Crippen LogP contribution >= 0.6 is 0 Å². The molecule has 0 aromatic rings. The molecule has 3 heteroatoms. The van der Waals surface area contributed by atoms with Crippen molar-refractivity contribution < 1.29 is 8.78 Å². The molecule has 0 saturated heterocycles. The second-order valence-corrected chi connectivity index (χ2v) is 5.10. The highest BCUT2D eigenvalue weighted by Gasteiger charge is 2.34. The molecular weight excluding hydrogens is 196 g/mol. The number of halogens is 2. The van der Waals surface area contributed by atoms with Gasteiger partial charge >= 0.3 is 0 Å². The standard InChI is InChI=1S/C12H23F2N/c1-4-15-11(12(13)14)10-6-8(2)5-9(3)7-10/h8-12,15H,4-7H2,1-3H3. The van der Waals surface area contributed by atoms with E-state index < -0.39 is 12.5 Å². The van der Waals surface area contributed by atoms with Crippen molar-refractivity contribution in [3.63, 3.8) is 0 Å². The van der Waals surface area contributed by atoms with Crippen LogP contribution in [-0.4, -0.2) is 19.0 Å². The third-order valence-electron chi connectivity index (χ3n) is 3.43. The molecule has 3 unspecified atom stereocenters. The van der Waals surface area contributed by atoms with Crippen LogP contribution in [0.2, 0.25) is 0 Å². The molecule has 3 atom stereocenters. The Labute approximate surface area is 91.6 Å². The van der Waals surface area contributed by atoms with Crippen molar-refractivity contribution in [3.05, 3.63) is 0 Å². The zero-order valence-electron chi connectivity index (χ0n) is 9.97. The highest BCUT2D eigenvalue weighted by molar-refractivity contribution is 4.85. The normalized spacial score (nSPS) is 34.4. The quantitative estimate of drug-likeness (QED) is 0.765. The van der Waals surface area contributed by atoms with Gasteiger partial charge in [0.15, 0.2) is 0 Å². The van der Waals surface area contributed by atoms with Gasteiger partial charge in [-0.2, -0.15) is 0 Å². The highest BCUT2D eigenvalue weighted by atomic mass is 19.3. The van der Waals surface area contributed by atoms with Gasteiger partial charge in [0.25, 0.3) is 6.43 Å². The van der Waals surface area contributed by atoms with E-state index in [1.165, 1.54) is 6.42 Å². The fourth-order valence-corrected chi connectivity index (χ4v) is 3.00. The Bertz CT molecular complexity index is 174. The van der Waals surface area contributed by atoms with Gasteiger partial charge in [-0.25, -0.2) is 8.78 Å². The molecule has 1 aliphatic carbocycles. The average molecular weight is 219 g/mol. The molecule has 1 saturated carbocycles. The summed E-state index contributed by atoms with van der Waals surface area (Å²) in [5.41, 5.74) is 0. The highest BCUT2D eigenvalue weighted by Crippen LogP contribution is 2.36. The summed E-state index contributed by atoms with van der Waals surface area (Å²) < 4.78 is 25.7. The van der Waals surface area contributed by atoms with Gasteiger partial charge in [-0.1, -0.05) is 20.8 Å². The smallest absolute Gasteiger partial charge is 0.253 e. The maximum Gasteiger partial charge on any atom is 0.253 e. The van der Waals surface area contributed by atoms with Gasteiger partial charge in [-0.05, 0) is 43.6 Å². The lowest BCUT2D eigenvalue weighted by Gasteiger charge is -2.36. The number of rotatable bonds is 4.